The van der Waals surface area contributed by atoms with Crippen molar-refractivity contribution in [2.24, 2.45) is 5.92 Å². The lowest BCUT2D eigenvalue weighted by atomic mass is 9.99. The molecule has 0 fully saturated rings. The number of halogens is 1. The van der Waals surface area contributed by atoms with E-state index in [9.17, 15) is 0 Å². The molecule has 0 unspecified atom stereocenters. The van der Waals surface area contributed by atoms with Gasteiger partial charge in [-0.2, -0.15) is 0 Å². The van der Waals surface area contributed by atoms with E-state index in [0.717, 1.165) is 4.47 Å². The van der Waals surface area contributed by atoms with Crippen molar-refractivity contribution in [1.82, 2.24) is 0 Å². The molecule has 0 aromatic heterocycles. The summed E-state index contributed by atoms with van der Waals surface area (Å²) < 4.78 is 8.22. The van der Waals surface area contributed by atoms with Gasteiger partial charge in [-0.15, -0.1) is 0 Å². The summed E-state index contributed by atoms with van der Waals surface area (Å²) in [5, 5.41) is 0. The highest BCUT2D eigenvalue weighted by Gasteiger charge is 2.47. The fourth-order valence-electron chi connectivity index (χ4n) is 3.89. The minimum Gasteiger partial charge on any atom is -0.409 e. The summed E-state index contributed by atoms with van der Waals surface area (Å²) in [6, 6.07) is 8.51. The van der Waals surface area contributed by atoms with Crippen molar-refractivity contribution in [3.05, 3.63) is 34.3 Å². The van der Waals surface area contributed by atoms with Crippen LogP contribution in [0.4, 0.5) is 0 Å². The van der Waals surface area contributed by atoms with Crippen LogP contribution in [0.1, 0.15) is 67.1 Å². The van der Waals surface area contributed by atoms with Gasteiger partial charge in [0.25, 0.3) is 0 Å². The van der Waals surface area contributed by atoms with Gasteiger partial charge in [0, 0.05) is 4.47 Å². The molecule has 0 spiro atoms. The number of benzene rings is 1. The molecule has 1 aromatic carbocycles. The highest BCUT2D eigenvalue weighted by Crippen LogP contribution is 2.47. The fourth-order valence-corrected chi connectivity index (χ4v) is 10.1. The summed E-state index contributed by atoms with van der Waals surface area (Å²) in [4.78, 5) is 0. The molecule has 0 saturated heterocycles. The average molecular weight is 385 g/mol. The molecule has 0 radical (unpaired) electrons. The van der Waals surface area contributed by atoms with E-state index in [2.05, 4.69) is 95.6 Å². The van der Waals surface area contributed by atoms with Crippen LogP contribution in [0.2, 0.25) is 16.6 Å². The molecule has 0 aliphatic rings. The standard InChI is InChI=1S/C19H33BrOSi/c1-13(2)19(17-11-9-10-12-18(17)20)21-22(14(3)4,15(5)6)16(7)8/h9-16,19H,1-8H3/t19-/m1/s1. The summed E-state index contributed by atoms with van der Waals surface area (Å²) >= 11 is 3.72. The van der Waals surface area contributed by atoms with Gasteiger partial charge in [0.05, 0.1) is 6.10 Å². The van der Waals surface area contributed by atoms with Crippen molar-refractivity contribution < 1.29 is 4.43 Å². The second-order valence-corrected chi connectivity index (χ2v) is 13.9. The monoisotopic (exact) mass is 384 g/mol. The third kappa shape index (κ3) is 4.04. The van der Waals surface area contributed by atoms with Crippen LogP contribution < -0.4 is 0 Å². The van der Waals surface area contributed by atoms with Gasteiger partial charge in [-0.25, -0.2) is 0 Å². The Morgan fingerprint density at radius 3 is 1.64 bits per heavy atom. The molecule has 0 bridgehead atoms. The Bertz CT molecular complexity index is 446. The third-order valence-electron chi connectivity index (χ3n) is 4.86. The molecule has 0 N–H and O–H groups in total. The second-order valence-electron chi connectivity index (χ2n) is 7.62. The van der Waals surface area contributed by atoms with E-state index < -0.39 is 8.32 Å². The van der Waals surface area contributed by atoms with Crippen LogP contribution in [-0.4, -0.2) is 8.32 Å². The smallest absolute Gasteiger partial charge is 0.201 e. The molecule has 0 aliphatic heterocycles. The quantitative estimate of drug-likeness (QED) is 0.446. The van der Waals surface area contributed by atoms with E-state index >= 15 is 0 Å². The first-order valence-electron chi connectivity index (χ1n) is 8.56. The topological polar surface area (TPSA) is 9.23 Å². The van der Waals surface area contributed by atoms with Crippen LogP contribution in [0.5, 0.6) is 0 Å². The molecular weight excluding hydrogens is 352 g/mol. The Hall–Kier alpha value is -0.123. The Balaban J connectivity index is 3.30. The van der Waals surface area contributed by atoms with Gasteiger partial charge >= 0.3 is 0 Å². The van der Waals surface area contributed by atoms with Crippen LogP contribution in [0.15, 0.2) is 28.7 Å². The maximum atomic E-state index is 7.06. The summed E-state index contributed by atoms with van der Waals surface area (Å²) in [5.74, 6) is 0.460. The summed E-state index contributed by atoms with van der Waals surface area (Å²) in [5.41, 5.74) is 3.11. The van der Waals surface area contributed by atoms with E-state index in [1.54, 1.807) is 0 Å². The van der Waals surface area contributed by atoms with Crippen molar-refractivity contribution in [3.63, 3.8) is 0 Å². The molecule has 0 aliphatic carbocycles. The van der Waals surface area contributed by atoms with E-state index in [1.165, 1.54) is 5.56 Å². The molecule has 22 heavy (non-hydrogen) atoms. The lowest BCUT2D eigenvalue weighted by Crippen LogP contribution is -2.49. The first-order chi connectivity index (χ1) is 10.1. The number of rotatable bonds is 7. The third-order valence-corrected chi connectivity index (χ3v) is 11.7. The summed E-state index contributed by atoms with van der Waals surface area (Å²) in [6.07, 6.45) is 0.162. The first kappa shape index (κ1) is 19.9. The maximum Gasteiger partial charge on any atom is 0.201 e. The summed E-state index contributed by atoms with van der Waals surface area (Å²) in [7, 11) is -1.88. The van der Waals surface area contributed by atoms with Gasteiger partial charge in [0.15, 0.2) is 0 Å². The zero-order valence-corrected chi connectivity index (χ0v) is 18.1. The van der Waals surface area contributed by atoms with Gasteiger partial charge in [-0.3, -0.25) is 0 Å². The fraction of sp³-hybridized carbons (Fsp3) is 0.684. The number of hydrogen-bond donors (Lipinski definition) is 0. The highest BCUT2D eigenvalue weighted by molar-refractivity contribution is 9.10. The summed E-state index contributed by atoms with van der Waals surface area (Å²) in [6.45, 7) is 18.6. The minimum atomic E-state index is -1.88. The predicted molar refractivity (Wildman–Crippen MR) is 104 cm³/mol. The van der Waals surface area contributed by atoms with E-state index in [0.29, 0.717) is 22.5 Å². The lowest BCUT2D eigenvalue weighted by molar-refractivity contribution is 0.128. The van der Waals surface area contributed by atoms with Crippen LogP contribution in [-0.2, 0) is 4.43 Å². The Morgan fingerprint density at radius 2 is 1.27 bits per heavy atom. The van der Waals surface area contributed by atoms with Crippen molar-refractivity contribution >= 4 is 24.2 Å². The Labute approximate surface area is 147 Å². The van der Waals surface area contributed by atoms with Crippen LogP contribution in [0.25, 0.3) is 0 Å². The minimum absolute atomic E-state index is 0.162. The van der Waals surface area contributed by atoms with Gasteiger partial charge in [0.2, 0.25) is 8.32 Å². The highest BCUT2D eigenvalue weighted by atomic mass is 79.9. The van der Waals surface area contributed by atoms with Crippen molar-refractivity contribution in [1.29, 1.82) is 0 Å². The van der Waals surface area contributed by atoms with Crippen LogP contribution in [0.3, 0.4) is 0 Å². The van der Waals surface area contributed by atoms with Crippen LogP contribution in [0, 0.1) is 5.92 Å². The Morgan fingerprint density at radius 1 is 0.818 bits per heavy atom. The SMILES string of the molecule is CC(C)[C@@H](O[Si](C(C)C)(C(C)C)C(C)C)c1ccccc1Br. The maximum absolute atomic E-state index is 7.06. The molecule has 1 atom stereocenters. The molecule has 3 heteroatoms. The molecular formula is C19H33BrOSi. The van der Waals surface area contributed by atoms with E-state index in [4.69, 9.17) is 4.43 Å². The molecule has 0 heterocycles. The Kier molecular flexibility index (Phi) is 7.35. The molecule has 126 valence electrons. The molecule has 1 nitrogen and oxygen atoms in total. The zero-order valence-electron chi connectivity index (χ0n) is 15.5. The van der Waals surface area contributed by atoms with Gasteiger partial charge < -0.3 is 4.43 Å². The molecule has 0 amide bonds. The van der Waals surface area contributed by atoms with Gasteiger partial charge in [0.1, 0.15) is 0 Å². The lowest BCUT2D eigenvalue weighted by Gasteiger charge is -2.45. The van der Waals surface area contributed by atoms with Gasteiger partial charge in [-0.1, -0.05) is 89.5 Å². The van der Waals surface area contributed by atoms with Crippen molar-refractivity contribution in [2.75, 3.05) is 0 Å². The number of hydrogen-bond acceptors (Lipinski definition) is 1. The van der Waals surface area contributed by atoms with E-state index in [-0.39, 0.29) is 6.10 Å². The molecule has 1 rings (SSSR count). The second kappa shape index (κ2) is 8.12. The van der Waals surface area contributed by atoms with Crippen molar-refractivity contribution in [2.45, 2.75) is 78.1 Å². The van der Waals surface area contributed by atoms with E-state index in [1.807, 2.05) is 0 Å². The largest absolute Gasteiger partial charge is 0.409 e. The predicted octanol–water partition coefficient (Wildman–Crippen LogP) is 7.34. The zero-order chi connectivity index (χ0) is 17.1. The van der Waals surface area contributed by atoms with Gasteiger partial charge in [-0.05, 0) is 34.2 Å². The van der Waals surface area contributed by atoms with Crippen molar-refractivity contribution in [3.8, 4) is 0 Å². The molecule has 1 aromatic rings. The normalized spacial score (nSPS) is 14.4. The van der Waals surface area contributed by atoms with Crippen LogP contribution >= 0.6 is 15.9 Å². The first-order valence-corrected chi connectivity index (χ1v) is 11.5. The average Bonchev–Trinajstić information content (AvgIpc) is 2.39. The molecule has 0 saturated carbocycles.